The summed E-state index contributed by atoms with van der Waals surface area (Å²) in [5.74, 6) is 0. The topological polar surface area (TPSA) is 41.3 Å². The average Bonchev–Trinajstić information content (AvgIpc) is 2.75. The van der Waals surface area contributed by atoms with E-state index in [0.717, 1.165) is 31.3 Å². The van der Waals surface area contributed by atoms with Crippen LogP contribution in [0.15, 0.2) is 10.7 Å². The van der Waals surface area contributed by atoms with Gasteiger partial charge in [0, 0.05) is 25.2 Å². The van der Waals surface area contributed by atoms with Crippen molar-refractivity contribution in [3.05, 3.63) is 12.0 Å². The normalized spacial score (nSPS) is 11.8. The third-order valence-corrected chi connectivity index (χ3v) is 2.77. The number of aromatic nitrogens is 1. The molecule has 0 atom stereocenters. The molecule has 0 saturated carbocycles. The highest BCUT2D eigenvalue weighted by Crippen LogP contribution is 2.14. The first kappa shape index (κ1) is 15.0. The van der Waals surface area contributed by atoms with Gasteiger partial charge in [-0.3, -0.25) is 0 Å². The SMILES string of the molecule is CCCCN(CC)c1nc(CNC(C)(C)C)co1. The molecule has 1 heterocycles. The van der Waals surface area contributed by atoms with Gasteiger partial charge < -0.3 is 14.6 Å². The predicted molar refractivity (Wildman–Crippen MR) is 75.9 cm³/mol. The van der Waals surface area contributed by atoms with Crippen molar-refractivity contribution in [3.8, 4) is 0 Å². The van der Waals surface area contributed by atoms with Crippen LogP contribution in [0, 0.1) is 0 Å². The van der Waals surface area contributed by atoms with Crippen LogP contribution in [0.4, 0.5) is 6.01 Å². The van der Waals surface area contributed by atoms with Crippen LogP contribution in [0.5, 0.6) is 0 Å². The minimum Gasteiger partial charge on any atom is -0.432 e. The maximum absolute atomic E-state index is 5.55. The third-order valence-electron chi connectivity index (χ3n) is 2.77. The fourth-order valence-corrected chi connectivity index (χ4v) is 1.62. The first-order chi connectivity index (χ1) is 8.46. The van der Waals surface area contributed by atoms with Gasteiger partial charge in [-0.1, -0.05) is 13.3 Å². The van der Waals surface area contributed by atoms with Gasteiger partial charge >= 0.3 is 0 Å². The standard InChI is InChI=1S/C14H27N3O/c1-6-8-9-17(7-2)13-16-12(11-18-13)10-15-14(3,4)5/h11,15H,6-10H2,1-5H3. The monoisotopic (exact) mass is 253 g/mol. The van der Waals surface area contributed by atoms with E-state index in [0.29, 0.717) is 0 Å². The molecular formula is C14H27N3O. The quantitative estimate of drug-likeness (QED) is 0.810. The summed E-state index contributed by atoms with van der Waals surface area (Å²) >= 11 is 0. The molecule has 0 saturated heterocycles. The number of nitrogens with zero attached hydrogens (tertiary/aromatic N) is 2. The Morgan fingerprint density at radius 1 is 1.33 bits per heavy atom. The van der Waals surface area contributed by atoms with E-state index in [1.54, 1.807) is 6.26 Å². The van der Waals surface area contributed by atoms with Crippen molar-refractivity contribution in [1.29, 1.82) is 0 Å². The summed E-state index contributed by atoms with van der Waals surface area (Å²) in [5.41, 5.74) is 1.07. The summed E-state index contributed by atoms with van der Waals surface area (Å²) in [6.07, 6.45) is 4.12. The molecule has 1 aromatic rings. The minimum absolute atomic E-state index is 0.103. The molecule has 0 aromatic carbocycles. The predicted octanol–water partition coefficient (Wildman–Crippen LogP) is 3.19. The van der Waals surface area contributed by atoms with Gasteiger partial charge in [-0.15, -0.1) is 0 Å². The maximum atomic E-state index is 5.55. The molecule has 104 valence electrons. The van der Waals surface area contributed by atoms with E-state index in [-0.39, 0.29) is 5.54 Å². The van der Waals surface area contributed by atoms with Crippen molar-refractivity contribution in [3.63, 3.8) is 0 Å². The Balaban J connectivity index is 2.55. The Morgan fingerprint density at radius 2 is 2.06 bits per heavy atom. The number of hydrogen-bond donors (Lipinski definition) is 1. The highest BCUT2D eigenvalue weighted by Gasteiger charge is 2.13. The van der Waals surface area contributed by atoms with Gasteiger partial charge in [-0.2, -0.15) is 4.98 Å². The van der Waals surface area contributed by atoms with Gasteiger partial charge in [-0.05, 0) is 34.1 Å². The smallest absolute Gasteiger partial charge is 0.297 e. The Morgan fingerprint density at radius 3 is 2.61 bits per heavy atom. The van der Waals surface area contributed by atoms with Crippen LogP contribution in [0.3, 0.4) is 0 Å². The van der Waals surface area contributed by atoms with E-state index in [1.165, 1.54) is 12.8 Å². The molecule has 0 spiro atoms. The van der Waals surface area contributed by atoms with E-state index in [2.05, 4.69) is 49.8 Å². The molecule has 0 amide bonds. The van der Waals surface area contributed by atoms with Gasteiger partial charge in [-0.25, -0.2) is 0 Å². The maximum Gasteiger partial charge on any atom is 0.297 e. The molecule has 0 fully saturated rings. The molecule has 0 radical (unpaired) electrons. The summed E-state index contributed by atoms with van der Waals surface area (Å²) in [4.78, 5) is 6.72. The largest absolute Gasteiger partial charge is 0.432 e. The first-order valence-electron chi connectivity index (χ1n) is 6.90. The molecule has 0 bridgehead atoms. The lowest BCUT2D eigenvalue weighted by Gasteiger charge is -2.19. The van der Waals surface area contributed by atoms with Gasteiger partial charge in [0.2, 0.25) is 0 Å². The fraction of sp³-hybridized carbons (Fsp3) is 0.786. The fourth-order valence-electron chi connectivity index (χ4n) is 1.62. The average molecular weight is 253 g/mol. The van der Waals surface area contributed by atoms with Crippen molar-refractivity contribution in [1.82, 2.24) is 10.3 Å². The minimum atomic E-state index is 0.103. The second-order valence-corrected chi connectivity index (χ2v) is 5.66. The molecule has 0 aliphatic carbocycles. The van der Waals surface area contributed by atoms with Crippen LogP contribution in [0.2, 0.25) is 0 Å². The van der Waals surface area contributed by atoms with Gasteiger partial charge in [0.25, 0.3) is 6.01 Å². The lowest BCUT2D eigenvalue weighted by Crippen LogP contribution is -2.35. The third kappa shape index (κ3) is 5.08. The van der Waals surface area contributed by atoms with Crippen LogP contribution in [0.1, 0.15) is 53.2 Å². The van der Waals surface area contributed by atoms with Crippen LogP contribution in [-0.4, -0.2) is 23.6 Å². The van der Waals surface area contributed by atoms with E-state index >= 15 is 0 Å². The second-order valence-electron chi connectivity index (χ2n) is 5.66. The first-order valence-corrected chi connectivity index (χ1v) is 6.90. The highest BCUT2D eigenvalue weighted by atomic mass is 16.4. The molecule has 1 N–H and O–H groups in total. The number of hydrogen-bond acceptors (Lipinski definition) is 4. The van der Waals surface area contributed by atoms with Crippen molar-refractivity contribution in [2.24, 2.45) is 0 Å². The zero-order chi connectivity index (χ0) is 13.6. The lowest BCUT2D eigenvalue weighted by atomic mass is 10.1. The molecule has 0 unspecified atom stereocenters. The molecular weight excluding hydrogens is 226 g/mol. The molecule has 18 heavy (non-hydrogen) atoms. The zero-order valence-corrected chi connectivity index (χ0v) is 12.4. The van der Waals surface area contributed by atoms with Gasteiger partial charge in [0.1, 0.15) is 6.26 Å². The van der Waals surface area contributed by atoms with Crippen LogP contribution in [0.25, 0.3) is 0 Å². The van der Waals surface area contributed by atoms with Crippen LogP contribution >= 0.6 is 0 Å². The molecule has 4 nitrogen and oxygen atoms in total. The lowest BCUT2D eigenvalue weighted by molar-refractivity contribution is 0.421. The Hall–Kier alpha value is -1.03. The molecule has 1 rings (SSSR count). The van der Waals surface area contributed by atoms with Gasteiger partial charge in [0.15, 0.2) is 0 Å². The van der Waals surface area contributed by atoms with Crippen molar-refractivity contribution in [2.45, 2.75) is 59.5 Å². The van der Waals surface area contributed by atoms with Gasteiger partial charge in [0.05, 0.1) is 5.69 Å². The van der Waals surface area contributed by atoms with Crippen molar-refractivity contribution in [2.75, 3.05) is 18.0 Å². The summed E-state index contributed by atoms with van der Waals surface area (Å²) < 4.78 is 5.55. The molecule has 1 aromatic heterocycles. The summed E-state index contributed by atoms with van der Waals surface area (Å²) in [7, 11) is 0. The molecule has 4 heteroatoms. The van der Waals surface area contributed by atoms with Crippen LogP contribution < -0.4 is 10.2 Å². The number of nitrogens with one attached hydrogen (secondary N) is 1. The highest BCUT2D eigenvalue weighted by molar-refractivity contribution is 5.26. The molecule has 0 aliphatic heterocycles. The number of unbranched alkanes of at least 4 members (excludes halogenated alkanes) is 1. The second kappa shape index (κ2) is 6.78. The summed E-state index contributed by atoms with van der Waals surface area (Å²) in [6.45, 7) is 13.5. The van der Waals surface area contributed by atoms with Crippen molar-refractivity contribution >= 4 is 6.01 Å². The number of anilines is 1. The molecule has 0 aliphatic rings. The van der Waals surface area contributed by atoms with Crippen molar-refractivity contribution < 1.29 is 4.42 Å². The van der Waals surface area contributed by atoms with E-state index < -0.39 is 0 Å². The summed E-state index contributed by atoms with van der Waals surface area (Å²) in [5, 5.41) is 3.41. The Bertz CT molecular complexity index is 341. The Labute approximate surface area is 111 Å². The van der Waals surface area contributed by atoms with E-state index in [1.807, 2.05) is 0 Å². The zero-order valence-electron chi connectivity index (χ0n) is 12.4. The summed E-state index contributed by atoms with van der Waals surface area (Å²) in [6, 6.07) is 0.747. The van der Waals surface area contributed by atoms with E-state index in [9.17, 15) is 0 Å². The number of rotatable bonds is 7. The van der Waals surface area contributed by atoms with Crippen LogP contribution in [-0.2, 0) is 6.54 Å². The van der Waals surface area contributed by atoms with E-state index in [4.69, 9.17) is 4.42 Å². The Kier molecular flexibility index (Phi) is 5.66. The number of oxazole rings is 1.